The summed E-state index contributed by atoms with van der Waals surface area (Å²) in [6, 6.07) is 7.73. The molecule has 0 radical (unpaired) electrons. The van der Waals surface area contributed by atoms with Gasteiger partial charge < -0.3 is 10.6 Å². The minimum atomic E-state index is -0.0585. The van der Waals surface area contributed by atoms with Gasteiger partial charge in [-0.05, 0) is 43.7 Å². The summed E-state index contributed by atoms with van der Waals surface area (Å²) >= 11 is 1.57. The number of aromatic nitrogens is 2. The minimum absolute atomic E-state index is 0.0585. The number of nitrogens with zero attached hydrogens (tertiary/aromatic N) is 3. The van der Waals surface area contributed by atoms with E-state index in [0.717, 1.165) is 49.7 Å². The number of rotatable bonds is 8. The van der Waals surface area contributed by atoms with Crippen LogP contribution in [0, 0.1) is 0 Å². The predicted molar refractivity (Wildman–Crippen MR) is 116 cm³/mol. The molecule has 7 nitrogen and oxygen atoms in total. The van der Waals surface area contributed by atoms with E-state index in [1.807, 2.05) is 48.2 Å². The number of likely N-dealkylation sites (tertiary alicyclic amines) is 1. The highest BCUT2D eigenvalue weighted by atomic mass is 32.2. The molecule has 1 aliphatic heterocycles. The van der Waals surface area contributed by atoms with Gasteiger partial charge in [0.2, 0.25) is 5.91 Å². The van der Waals surface area contributed by atoms with E-state index in [1.54, 1.807) is 18.0 Å². The van der Waals surface area contributed by atoms with Gasteiger partial charge in [-0.3, -0.25) is 19.1 Å². The number of benzene rings is 1. The molecule has 1 aromatic heterocycles. The molecule has 0 unspecified atom stereocenters. The van der Waals surface area contributed by atoms with Crippen molar-refractivity contribution in [2.75, 3.05) is 32.4 Å². The maximum atomic E-state index is 12.7. The van der Waals surface area contributed by atoms with E-state index in [2.05, 4.69) is 20.5 Å². The lowest BCUT2D eigenvalue weighted by atomic mass is 10.0. The molecule has 1 fully saturated rings. The Bertz CT molecular complexity index is 830. The Labute approximate surface area is 176 Å². The molecule has 0 atom stereocenters. The third-order valence-electron chi connectivity index (χ3n) is 5.04. The summed E-state index contributed by atoms with van der Waals surface area (Å²) in [5.41, 5.74) is 1.57. The van der Waals surface area contributed by atoms with Crippen LogP contribution in [-0.2, 0) is 4.79 Å². The number of nitrogens with one attached hydrogen (secondary N) is 2. The fourth-order valence-corrected chi connectivity index (χ4v) is 3.99. The molecule has 2 heterocycles. The van der Waals surface area contributed by atoms with E-state index >= 15 is 0 Å². The molecule has 0 aliphatic carbocycles. The van der Waals surface area contributed by atoms with Gasteiger partial charge in [0.15, 0.2) is 5.16 Å². The quantitative estimate of drug-likeness (QED) is 0.647. The monoisotopic (exact) mass is 415 g/mol. The van der Waals surface area contributed by atoms with Crippen LogP contribution >= 0.6 is 11.8 Å². The summed E-state index contributed by atoms with van der Waals surface area (Å²) in [5, 5.41) is 6.95. The van der Waals surface area contributed by atoms with E-state index < -0.39 is 0 Å². The molecule has 3 rings (SSSR count). The highest BCUT2D eigenvalue weighted by Crippen LogP contribution is 2.19. The first-order valence-corrected chi connectivity index (χ1v) is 11.3. The van der Waals surface area contributed by atoms with Crippen molar-refractivity contribution in [1.82, 2.24) is 25.1 Å². The summed E-state index contributed by atoms with van der Waals surface area (Å²) in [5.74, 6) is 0.0204. The van der Waals surface area contributed by atoms with Gasteiger partial charge >= 0.3 is 0 Å². The average molecular weight is 416 g/mol. The molecule has 1 aliphatic rings. The number of hydrogen-bond donors (Lipinski definition) is 2. The molecule has 0 spiro atoms. The van der Waals surface area contributed by atoms with Crippen LogP contribution in [0.3, 0.4) is 0 Å². The van der Waals surface area contributed by atoms with E-state index in [9.17, 15) is 9.59 Å². The van der Waals surface area contributed by atoms with Crippen molar-refractivity contribution in [1.29, 1.82) is 0 Å². The lowest BCUT2D eigenvalue weighted by Crippen LogP contribution is -2.47. The van der Waals surface area contributed by atoms with Crippen molar-refractivity contribution < 1.29 is 9.59 Å². The zero-order chi connectivity index (χ0) is 20.6. The average Bonchev–Trinajstić information content (AvgIpc) is 3.22. The standard InChI is InChI=1S/C21H29N5O2S/c1-3-9-22-19(27)15-25-11-7-17(8-12-25)24-20(28)16-5-4-6-18(14-16)26-13-10-23-21(26)29-2/h4-6,10,13-14,17H,3,7-9,11-12,15H2,1-2H3,(H,22,27)(H,24,28). The topological polar surface area (TPSA) is 79.3 Å². The number of hydrogen-bond acceptors (Lipinski definition) is 5. The largest absolute Gasteiger partial charge is 0.355 e. The second-order valence-corrected chi connectivity index (χ2v) is 7.98. The second-order valence-electron chi connectivity index (χ2n) is 7.21. The van der Waals surface area contributed by atoms with Crippen LogP contribution in [0.4, 0.5) is 0 Å². The van der Waals surface area contributed by atoms with Crippen molar-refractivity contribution in [3.63, 3.8) is 0 Å². The number of amides is 2. The molecule has 0 bridgehead atoms. The van der Waals surface area contributed by atoms with Crippen LogP contribution in [0.25, 0.3) is 5.69 Å². The first-order valence-electron chi connectivity index (χ1n) is 10.1. The summed E-state index contributed by atoms with van der Waals surface area (Å²) in [4.78, 5) is 31.1. The third-order valence-corrected chi connectivity index (χ3v) is 5.71. The van der Waals surface area contributed by atoms with Gasteiger partial charge in [-0.2, -0.15) is 0 Å². The van der Waals surface area contributed by atoms with Crippen LogP contribution in [-0.4, -0.2) is 64.7 Å². The Morgan fingerprint density at radius 1 is 1.28 bits per heavy atom. The molecule has 2 aromatic rings. The van der Waals surface area contributed by atoms with Crippen molar-refractivity contribution in [2.45, 2.75) is 37.4 Å². The minimum Gasteiger partial charge on any atom is -0.355 e. The maximum absolute atomic E-state index is 12.7. The van der Waals surface area contributed by atoms with Gasteiger partial charge in [0.1, 0.15) is 0 Å². The summed E-state index contributed by atoms with van der Waals surface area (Å²) in [6.07, 6.45) is 8.29. The van der Waals surface area contributed by atoms with Crippen LogP contribution in [0.5, 0.6) is 0 Å². The number of imidazole rings is 1. The second kappa shape index (κ2) is 10.5. The summed E-state index contributed by atoms with van der Waals surface area (Å²) < 4.78 is 1.98. The lowest BCUT2D eigenvalue weighted by molar-refractivity contribution is -0.122. The zero-order valence-electron chi connectivity index (χ0n) is 17.1. The highest BCUT2D eigenvalue weighted by molar-refractivity contribution is 7.98. The van der Waals surface area contributed by atoms with Crippen molar-refractivity contribution >= 4 is 23.6 Å². The molecular formula is C21H29N5O2S. The Kier molecular flexibility index (Phi) is 7.71. The normalized spacial score (nSPS) is 15.2. The maximum Gasteiger partial charge on any atom is 0.251 e. The zero-order valence-corrected chi connectivity index (χ0v) is 17.9. The molecule has 1 saturated heterocycles. The van der Waals surface area contributed by atoms with Gasteiger partial charge in [0.05, 0.1) is 6.54 Å². The third kappa shape index (κ3) is 5.83. The molecule has 1 aromatic carbocycles. The molecule has 8 heteroatoms. The molecule has 2 N–H and O–H groups in total. The van der Waals surface area contributed by atoms with Crippen LogP contribution in [0.2, 0.25) is 0 Å². The number of piperidine rings is 1. The van der Waals surface area contributed by atoms with Crippen LogP contribution in [0.1, 0.15) is 36.5 Å². The highest BCUT2D eigenvalue weighted by Gasteiger charge is 2.22. The van der Waals surface area contributed by atoms with Gasteiger partial charge in [0.25, 0.3) is 5.91 Å². The van der Waals surface area contributed by atoms with Gasteiger partial charge in [-0.25, -0.2) is 4.98 Å². The van der Waals surface area contributed by atoms with Crippen molar-refractivity contribution in [3.8, 4) is 5.69 Å². The SMILES string of the molecule is CCCNC(=O)CN1CCC(NC(=O)c2cccc(-n3ccnc3SC)c2)CC1. The Morgan fingerprint density at radius 3 is 2.79 bits per heavy atom. The van der Waals surface area contributed by atoms with Gasteiger partial charge in [-0.1, -0.05) is 24.8 Å². The smallest absolute Gasteiger partial charge is 0.251 e. The van der Waals surface area contributed by atoms with E-state index in [1.165, 1.54) is 0 Å². The van der Waals surface area contributed by atoms with Gasteiger partial charge in [0, 0.05) is 49.3 Å². The molecular weight excluding hydrogens is 386 g/mol. The Balaban J connectivity index is 1.53. The predicted octanol–water partition coefficient (Wildman–Crippen LogP) is 2.31. The van der Waals surface area contributed by atoms with E-state index in [4.69, 9.17) is 0 Å². The molecule has 2 amide bonds. The number of carbonyl (C=O) groups is 2. The molecule has 156 valence electrons. The first kappa shape index (κ1) is 21.4. The lowest BCUT2D eigenvalue weighted by Gasteiger charge is -2.31. The van der Waals surface area contributed by atoms with Crippen molar-refractivity contribution in [3.05, 3.63) is 42.2 Å². The fourth-order valence-electron chi connectivity index (χ4n) is 3.46. The van der Waals surface area contributed by atoms with Crippen molar-refractivity contribution in [2.24, 2.45) is 0 Å². The number of thioether (sulfide) groups is 1. The van der Waals surface area contributed by atoms with E-state index in [-0.39, 0.29) is 17.9 Å². The first-order chi connectivity index (χ1) is 14.1. The Morgan fingerprint density at radius 2 is 2.07 bits per heavy atom. The molecule has 0 saturated carbocycles. The van der Waals surface area contributed by atoms with E-state index in [0.29, 0.717) is 12.1 Å². The number of carbonyl (C=O) groups excluding carboxylic acids is 2. The van der Waals surface area contributed by atoms with Crippen LogP contribution < -0.4 is 10.6 Å². The van der Waals surface area contributed by atoms with Crippen LogP contribution in [0.15, 0.2) is 41.8 Å². The summed E-state index contributed by atoms with van der Waals surface area (Å²) in [7, 11) is 0. The molecule has 29 heavy (non-hydrogen) atoms. The fraction of sp³-hybridized carbons (Fsp3) is 0.476. The summed E-state index contributed by atoms with van der Waals surface area (Å²) in [6.45, 7) is 4.84. The Hall–Kier alpha value is -2.32. The van der Waals surface area contributed by atoms with Gasteiger partial charge in [-0.15, -0.1) is 0 Å².